The van der Waals surface area contributed by atoms with Gasteiger partial charge in [-0.15, -0.1) is 0 Å². The Balaban J connectivity index is 1.63. The van der Waals surface area contributed by atoms with E-state index in [0.717, 1.165) is 16.5 Å². The number of carbonyl (C=O) groups excluding carboxylic acids is 1. The molecule has 4 heteroatoms. The van der Waals surface area contributed by atoms with Crippen molar-refractivity contribution in [3.8, 4) is 0 Å². The van der Waals surface area contributed by atoms with Crippen molar-refractivity contribution in [3.05, 3.63) is 126 Å². The molecular formula is C27H19NO2S. The van der Waals surface area contributed by atoms with E-state index in [4.69, 9.17) is 12.2 Å². The third-order valence-corrected chi connectivity index (χ3v) is 5.99. The number of para-hydroxylation sites is 1. The molecule has 0 amide bonds. The lowest BCUT2D eigenvalue weighted by atomic mass is 9.98. The summed E-state index contributed by atoms with van der Waals surface area (Å²) in [6, 6.07) is 32.2. The van der Waals surface area contributed by atoms with E-state index >= 15 is 0 Å². The summed E-state index contributed by atoms with van der Waals surface area (Å²) in [6.07, 6.45) is 1.58. The molecule has 1 atom stereocenters. The minimum atomic E-state index is -1.55. The number of benzene rings is 4. The molecule has 0 bridgehead atoms. The first-order valence-corrected chi connectivity index (χ1v) is 10.4. The van der Waals surface area contributed by atoms with Gasteiger partial charge in [-0.25, -0.2) is 0 Å². The highest BCUT2D eigenvalue weighted by atomic mass is 32.1. The Kier molecular flexibility index (Phi) is 4.74. The van der Waals surface area contributed by atoms with Crippen LogP contribution in [0.15, 0.2) is 115 Å². The number of aliphatic hydroxyl groups is 1. The molecule has 0 fully saturated rings. The first-order valence-electron chi connectivity index (χ1n) is 10.0. The van der Waals surface area contributed by atoms with Gasteiger partial charge in [-0.1, -0.05) is 97.1 Å². The second-order valence-electron chi connectivity index (χ2n) is 7.52. The zero-order chi connectivity index (χ0) is 21.4. The second kappa shape index (κ2) is 7.58. The maximum Gasteiger partial charge on any atom is 0.195 e. The van der Waals surface area contributed by atoms with Crippen molar-refractivity contribution < 1.29 is 9.90 Å². The lowest BCUT2D eigenvalue weighted by Gasteiger charge is -2.35. The van der Waals surface area contributed by atoms with E-state index < -0.39 is 5.72 Å². The Morgan fingerprint density at radius 3 is 2.10 bits per heavy atom. The van der Waals surface area contributed by atoms with Crippen molar-refractivity contribution in [1.29, 1.82) is 0 Å². The van der Waals surface area contributed by atoms with Crippen molar-refractivity contribution in [2.45, 2.75) is 5.72 Å². The molecule has 1 unspecified atom stereocenters. The third-order valence-electron chi connectivity index (χ3n) is 5.59. The van der Waals surface area contributed by atoms with Gasteiger partial charge in [0, 0.05) is 16.8 Å². The zero-order valence-electron chi connectivity index (χ0n) is 16.6. The molecule has 1 N–H and O–H groups in total. The highest BCUT2D eigenvalue weighted by Gasteiger charge is 2.45. The number of fused-ring (bicyclic) bond motifs is 1. The minimum absolute atomic E-state index is 0.205. The molecule has 1 aliphatic rings. The lowest BCUT2D eigenvalue weighted by molar-refractivity contribution is 0.100. The van der Waals surface area contributed by atoms with Crippen LogP contribution in [0.5, 0.6) is 0 Å². The lowest BCUT2D eigenvalue weighted by Crippen LogP contribution is -2.44. The molecule has 3 nitrogen and oxygen atoms in total. The fourth-order valence-corrected chi connectivity index (χ4v) is 4.43. The van der Waals surface area contributed by atoms with Crippen molar-refractivity contribution in [3.63, 3.8) is 0 Å². The number of carbonyl (C=O) groups is 1. The van der Waals surface area contributed by atoms with Crippen LogP contribution in [0.25, 0.3) is 10.8 Å². The van der Waals surface area contributed by atoms with Crippen LogP contribution in [-0.4, -0.2) is 15.9 Å². The predicted octanol–water partition coefficient (Wildman–Crippen LogP) is 5.64. The van der Waals surface area contributed by atoms with E-state index in [1.54, 1.807) is 17.0 Å². The average molecular weight is 422 g/mol. The standard InChI is InChI=1S/C27H19NO2S/c29-25(21-16-15-19-9-7-8-10-20(19)17-21)24-18-27(30,22-11-3-1-4-12-22)28(26(24)31)23-13-5-2-6-14-23/h1-18,30H. The van der Waals surface area contributed by atoms with Crippen molar-refractivity contribution in [1.82, 2.24) is 0 Å². The quantitative estimate of drug-likeness (QED) is 0.342. The molecule has 0 spiro atoms. The van der Waals surface area contributed by atoms with Crippen LogP contribution >= 0.6 is 12.2 Å². The van der Waals surface area contributed by atoms with Crippen LogP contribution in [-0.2, 0) is 5.72 Å². The van der Waals surface area contributed by atoms with Crippen LogP contribution in [0.3, 0.4) is 0 Å². The fraction of sp³-hybridized carbons (Fsp3) is 0.0370. The van der Waals surface area contributed by atoms with Gasteiger partial charge in [-0.05, 0) is 35.0 Å². The fourth-order valence-electron chi connectivity index (χ4n) is 4.04. The highest BCUT2D eigenvalue weighted by molar-refractivity contribution is 7.81. The van der Waals surface area contributed by atoms with E-state index in [1.807, 2.05) is 97.1 Å². The number of thiocarbonyl (C=S) groups is 1. The van der Waals surface area contributed by atoms with Gasteiger partial charge >= 0.3 is 0 Å². The van der Waals surface area contributed by atoms with Gasteiger partial charge in [0.15, 0.2) is 11.5 Å². The number of nitrogens with zero attached hydrogens (tertiary/aromatic N) is 1. The molecule has 1 heterocycles. The van der Waals surface area contributed by atoms with E-state index in [0.29, 0.717) is 21.7 Å². The molecule has 1 aliphatic heterocycles. The number of rotatable bonds is 4. The summed E-state index contributed by atoms with van der Waals surface area (Å²) < 4.78 is 0. The van der Waals surface area contributed by atoms with Crippen LogP contribution in [0.1, 0.15) is 15.9 Å². The average Bonchev–Trinajstić information content (AvgIpc) is 3.10. The molecule has 0 saturated carbocycles. The number of anilines is 1. The van der Waals surface area contributed by atoms with Crippen molar-refractivity contribution in [2.24, 2.45) is 0 Å². The molecule has 150 valence electrons. The molecule has 4 aromatic rings. The highest BCUT2D eigenvalue weighted by Crippen LogP contribution is 2.40. The zero-order valence-corrected chi connectivity index (χ0v) is 17.4. The maximum absolute atomic E-state index is 13.5. The second-order valence-corrected chi connectivity index (χ2v) is 7.90. The minimum Gasteiger partial charge on any atom is -0.363 e. The first kappa shape index (κ1) is 19.4. The number of Topliss-reactive ketones (excluding diaryl/α,β-unsaturated/α-hetero) is 1. The molecule has 5 rings (SSSR count). The van der Waals surface area contributed by atoms with E-state index in [2.05, 4.69) is 0 Å². The summed E-state index contributed by atoms with van der Waals surface area (Å²) in [6.45, 7) is 0. The molecule has 0 aromatic heterocycles. The summed E-state index contributed by atoms with van der Waals surface area (Å²) in [7, 11) is 0. The van der Waals surface area contributed by atoms with Gasteiger partial charge in [0.2, 0.25) is 0 Å². The van der Waals surface area contributed by atoms with Crippen LogP contribution in [0, 0.1) is 0 Å². The van der Waals surface area contributed by atoms with E-state index in [1.165, 1.54) is 0 Å². The van der Waals surface area contributed by atoms with Gasteiger partial charge < -0.3 is 5.11 Å². The van der Waals surface area contributed by atoms with Crippen molar-refractivity contribution >= 4 is 39.4 Å². The SMILES string of the molecule is O=C(C1=CC(O)(c2ccccc2)N(c2ccccc2)C1=S)c1ccc2ccccc2c1. The monoisotopic (exact) mass is 421 g/mol. The van der Waals surface area contributed by atoms with Gasteiger partial charge in [-0.3, -0.25) is 9.69 Å². The molecule has 31 heavy (non-hydrogen) atoms. The molecule has 0 saturated heterocycles. The molecule has 4 aromatic carbocycles. The van der Waals surface area contributed by atoms with Crippen molar-refractivity contribution in [2.75, 3.05) is 4.90 Å². The number of hydrogen-bond acceptors (Lipinski definition) is 3. The van der Waals surface area contributed by atoms with Gasteiger partial charge in [0.05, 0.1) is 5.57 Å². The Morgan fingerprint density at radius 2 is 1.39 bits per heavy atom. The van der Waals surface area contributed by atoms with Crippen LogP contribution < -0.4 is 4.90 Å². The summed E-state index contributed by atoms with van der Waals surface area (Å²) in [5.74, 6) is -0.205. The van der Waals surface area contributed by atoms with Crippen LogP contribution in [0.2, 0.25) is 0 Å². The predicted molar refractivity (Wildman–Crippen MR) is 128 cm³/mol. The third kappa shape index (κ3) is 3.26. The topological polar surface area (TPSA) is 40.5 Å². The Bertz CT molecular complexity index is 1330. The summed E-state index contributed by atoms with van der Waals surface area (Å²) in [5, 5.41) is 13.8. The van der Waals surface area contributed by atoms with Gasteiger partial charge in [0.25, 0.3) is 0 Å². The summed E-state index contributed by atoms with van der Waals surface area (Å²) in [4.78, 5) is 15.4. The Morgan fingerprint density at radius 1 is 0.774 bits per heavy atom. The van der Waals surface area contributed by atoms with Crippen LogP contribution in [0.4, 0.5) is 5.69 Å². The normalized spacial score (nSPS) is 18.3. The van der Waals surface area contributed by atoms with Gasteiger partial charge in [-0.2, -0.15) is 0 Å². The van der Waals surface area contributed by atoms with E-state index in [-0.39, 0.29) is 5.78 Å². The van der Waals surface area contributed by atoms with Gasteiger partial charge in [0.1, 0.15) is 4.99 Å². The van der Waals surface area contributed by atoms with E-state index in [9.17, 15) is 9.90 Å². The smallest absolute Gasteiger partial charge is 0.195 e. The Labute approximate surface area is 185 Å². The first-order chi connectivity index (χ1) is 15.1. The maximum atomic E-state index is 13.5. The molecule has 0 radical (unpaired) electrons. The number of hydrogen-bond donors (Lipinski definition) is 1. The number of ketones is 1. The Hall–Kier alpha value is -3.60. The molecule has 0 aliphatic carbocycles. The summed E-state index contributed by atoms with van der Waals surface area (Å²) in [5.41, 5.74) is 0.665. The largest absolute Gasteiger partial charge is 0.363 e. The molecular weight excluding hydrogens is 402 g/mol. The summed E-state index contributed by atoms with van der Waals surface area (Å²) >= 11 is 5.74.